The molecule has 10 rings (SSSR count). The van der Waals surface area contributed by atoms with Crippen LogP contribution in [0.2, 0.25) is 0 Å². The van der Waals surface area contributed by atoms with E-state index in [4.69, 9.17) is 9.97 Å². The van der Waals surface area contributed by atoms with Crippen molar-refractivity contribution in [1.29, 1.82) is 0 Å². The zero-order chi connectivity index (χ0) is 56.0. The molecule has 4 nitrogen and oxygen atoms in total. The van der Waals surface area contributed by atoms with Gasteiger partial charge in [-0.1, -0.05) is 115 Å². The van der Waals surface area contributed by atoms with Gasteiger partial charge < -0.3 is 4.57 Å². The van der Waals surface area contributed by atoms with E-state index in [1.807, 2.05) is 0 Å². The van der Waals surface area contributed by atoms with Crippen molar-refractivity contribution < 1.29 is 0 Å². The summed E-state index contributed by atoms with van der Waals surface area (Å²) in [6.45, 7) is 0. The molecular formula is C44H56B28N4. The first-order valence-electron chi connectivity index (χ1n) is 28.0. The second-order valence-electron chi connectivity index (χ2n) is 24.1. The van der Waals surface area contributed by atoms with Crippen LogP contribution < -0.4 is 153 Å². The third-order valence-electron chi connectivity index (χ3n) is 21.4. The van der Waals surface area contributed by atoms with Crippen LogP contribution in [0.5, 0.6) is 0 Å². The van der Waals surface area contributed by atoms with E-state index in [9.17, 15) is 0 Å². The van der Waals surface area contributed by atoms with Crippen molar-refractivity contribution in [2.75, 3.05) is 0 Å². The summed E-state index contributed by atoms with van der Waals surface area (Å²) in [7, 11) is 65.3. The van der Waals surface area contributed by atoms with Crippen LogP contribution in [0, 0.1) is 0 Å². The molecule has 0 radical (unpaired) electrons. The predicted octanol–water partition coefficient (Wildman–Crippen LogP) is -37.6. The fourth-order valence-corrected chi connectivity index (χ4v) is 14.6. The molecule has 0 aliphatic rings. The highest BCUT2D eigenvalue weighted by Crippen LogP contribution is 2.34. The lowest BCUT2D eigenvalue weighted by molar-refractivity contribution is 1.02. The van der Waals surface area contributed by atoms with Crippen molar-refractivity contribution in [3.63, 3.8) is 0 Å². The number of hydrogen-bond donors (Lipinski definition) is 0. The molecule has 3 heterocycles. The van der Waals surface area contributed by atoms with Gasteiger partial charge in [0.15, 0.2) is 0 Å². The molecule has 7 aromatic carbocycles. The SMILES string of the molecule is Bc1c(B)c(B)c(-c2c(B)c(B)c(-c3nc(-n4c5c(B)c(B)c(B)c(B)c5c5c(B)c6c(c(B)c54)c4c(B)c(B)c(B)c(B)c4n6-c4c(B)c(B)c(B)c(B)c4B)nc4c(B)c(B)c(B)c(B)c34)c(B)c2B)c(B)c1B. The zero-order valence-corrected chi connectivity index (χ0v) is 51.8. The van der Waals surface area contributed by atoms with Crippen LogP contribution in [-0.4, -0.2) is 239 Å². The number of hydrogen-bond acceptors (Lipinski definition) is 2. The van der Waals surface area contributed by atoms with Gasteiger partial charge in [-0.3, -0.25) is 4.57 Å². The molecule has 76 heavy (non-hydrogen) atoms. The Balaban J connectivity index is 1.47. The molecule has 0 amide bonds. The van der Waals surface area contributed by atoms with Gasteiger partial charge in [-0.2, -0.15) is 0 Å². The first-order chi connectivity index (χ1) is 35.5. The lowest BCUT2D eigenvalue weighted by atomic mass is 9.56. The van der Waals surface area contributed by atoms with Gasteiger partial charge in [0, 0.05) is 38.4 Å². The van der Waals surface area contributed by atoms with Crippen molar-refractivity contribution >= 4 is 427 Å². The van der Waals surface area contributed by atoms with E-state index in [2.05, 4.69) is 229 Å². The Hall–Kier alpha value is -4.70. The Morgan fingerprint density at radius 1 is 0.197 bits per heavy atom. The number of rotatable bonds is 4. The normalized spacial score (nSPS) is 11.8. The van der Waals surface area contributed by atoms with Crippen LogP contribution in [0.15, 0.2) is 0 Å². The Morgan fingerprint density at radius 2 is 0.461 bits per heavy atom. The van der Waals surface area contributed by atoms with Crippen molar-refractivity contribution in [2.24, 2.45) is 0 Å². The van der Waals surface area contributed by atoms with E-state index < -0.39 is 0 Å². The molecule has 3 aromatic heterocycles. The van der Waals surface area contributed by atoms with Gasteiger partial charge in [0.2, 0.25) is 5.95 Å². The zero-order valence-electron chi connectivity index (χ0n) is 51.8. The smallest absolute Gasteiger partial charge is 0.235 e. The molecule has 0 bridgehead atoms. The van der Waals surface area contributed by atoms with Gasteiger partial charge >= 0.3 is 0 Å². The highest BCUT2D eigenvalue weighted by molar-refractivity contribution is 6.75. The average molecular weight is 944 g/mol. The molecule has 0 aliphatic heterocycles. The number of nitrogens with zero attached hydrogens (tertiary/aromatic N) is 4. The van der Waals surface area contributed by atoms with Crippen molar-refractivity contribution in [3.05, 3.63) is 0 Å². The lowest BCUT2D eigenvalue weighted by Gasteiger charge is -2.28. The van der Waals surface area contributed by atoms with E-state index in [0.717, 1.165) is 22.5 Å². The van der Waals surface area contributed by atoms with Crippen LogP contribution in [0.25, 0.3) is 88.5 Å². The van der Waals surface area contributed by atoms with E-state index in [1.165, 1.54) is 219 Å². The van der Waals surface area contributed by atoms with E-state index >= 15 is 0 Å². The third kappa shape index (κ3) is 6.97. The summed E-state index contributed by atoms with van der Waals surface area (Å²) in [4.78, 5) is 12.0. The van der Waals surface area contributed by atoms with Crippen LogP contribution in [0.3, 0.4) is 0 Å². The van der Waals surface area contributed by atoms with Crippen LogP contribution in [0.4, 0.5) is 0 Å². The van der Waals surface area contributed by atoms with Gasteiger partial charge in [0.25, 0.3) is 0 Å². The number of benzene rings is 7. The molecule has 0 unspecified atom stereocenters. The summed E-state index contributed by atoms with van der Waals surface area (Å²) in [6, 6.07) is 0. The maximum absolute atomic E-state index is 6.11. The molecule has 0 spiro atoms. The Labute approximate surface area is 477 Å². The summed E-state index contributed by atoms with van der Waals surface area (Å²) in [6.07, 6.45) is 0. The first kappa shape index (κ1) is 54.6. The second kappa shape index (κ2) is 18.4. The number of fused-ring (bicyclic) bond motifs is 7. The van der Waals surface area contributed by atoms with Gasteiger partial charge in [0.05, 0.1) is 16.7 Å². The predicted molar refractivity (Wildman–Crippen MR) is 428 cm³/mol. The highest BCUT2D eigenvalue weighted by Gasteiger charge is 2.32. The molecule has 32 heteroatoms. The largest absolute Gasteiger partial charge is 0.312 e. The second-order valence-corrected chi connectivity index (χ2v) is 24.1. The molecule has 0 atom stereocenters. The minimum atomic E-state index is 0.732. The molecule has 0 saturated heterocycles. The maximum atomic E-state index is 6.11. The summed E-state index contributed by atoms with van der Waals surface area (Å²) in [5, 5.41) is 6.43. The van der Waals surface area contributed by atoms with E-state index in [1.54, 1.807) is 0 Å². The monoisotopic (exact) mass is 949 g/mol. The molecule has 336 valence electrons. The van der Waals surface area contributed by atoms with Gasteiger partial charge in [0.1, 0.15) is 220 Å². The van der Waals surface area contributed by atoms with Gasteiger partial charge in [-0.25, -0.2) is 9.97 Å². The van der Waals surface area contributed by atoms with Crippen LogP contribution >= 0.6 is 0 Å². The molecule has 0 aliphatic carbocycles. The van der Waals surface area contributed by atoms with Gasteiger partial charge in [-0.05, 0) is 27.5 Å². The molecule has 0 saturated carbocycles. The lowest BCUT2D eigenvalue weighted by Crippen LogP contribution is -2.57. The van der Waals surface area contributed by atoms with Crippen LogP contribution in [-0.2, 0) is 0 Å². The molecule has 0 fully saturated rings. The Kier molecular flexibility index (Phi) is 13.3. The summed E-state index contributed by atoms with van der Waals surface area (Å²) >= 11 is 0. The highest BCUT2D eigenvalue weighted by atomic mass is 15.2. The van der Waals surface area contributed by atoms with Crippen molar-refractivity contribution in [1.82, 2.24) is 19.1 Å². The standard InChI is InChI=1S/C44H56B28N4/c45-9-1(2-11(47)20(56)25(61)21(57)12(2)48)10(46)16(52)7(15(9)51)37-8-17(53)24(60)27(63)32(68)38(8)74-44(73-37)76-40-6(4-14(50)23(59)29(65)34(70)42(4)76)18(54)39-5(19(40)55)3-13(49)22(58)28(64)33(69)41(3)75(39)43-35(71)30(66)26(62)31(67)36(43)72/h45-72H2. The topological polar surface area (TPSA) is 35.6 Å². The summed E-state index contributed by atoms with van der Waals surface area (Å²) in [5.41, 5.74) is 49.6. The Morgan fingerprint density at radius 3 is 0.882 bits per heavy atom. The van der Waals surface area contributed by atoms with Crippen LogP contribution in [0.1, 0.15) is 0 Å². The van der Waals surface area contributed by atoms with Crippen molar-refractivity contribution in [2.45, 2.75) is 0 Å². The fraction of sp³-hybridized carbons (Fsp3) is 0. The van der Waals surface area contributed by atoms with E-state index in [0.29, 0.717) is 0 Å². The number of aromatic nitrogens is 4. The molecule has 0 N–H and O–H groups in total. The summed E-state index contributed by atoms with van der Waals surface area (Å²) < 4.78 is 5.24. The third-order valence-corrected chi connectivity index (χ3v) is 21.4. The minimum absolute atomic E-state index is 0.732. The first-order valence-corrected chi connectivity index (χ1v) is 28.0. The minimum Gasteiger partial charge on any atom is -0.312 e. The molecular weight excluding hydrogens is 887 g/mol. The average Bonchev–Trinajstić information content (AvgIpc) is 4.05. The molecule has 10 aromatic rings. The Bertz CT molecular complexity index is 4360. The van der Waals surface area contributed by atoms with Gasteiger partial charge in [-0.15, -0.1) is 38.2 Å². The summed E-state index contributed by atoms with van der Waals surface area (Å²) in [5.74, 6) is 0.732. The van der Waals surface area contributed by atoms with Crippen molar-refractivity contribution in [3.8, 4) is 34.0 Å². The quantitative estimate of drug-likeness (QED) is 0.165. The van der Waals surface area contributed by atoms with E-state index in [-0.39, 0.29) is 0 Å². The fourth-order valence-electron chi connectivity index (χ4n) is 14.6. The maximum Gasteiger partial charge on any atom is 0.235 e.